The molecule has 2 rings (SSSR count). The van der Waals surface area contributed by atoms with Gasteiger partial charge in [0.05, 0.1) is 0 Å². The van der Waals surface area contributed by atoms with Crippen molar-refractivity contribution in [2.75, 3.05) is 6.54 Å². The number of nitrogens with two attached hydrogens (primary N) is 1. The molecule has 1 heterocycles. The molecule has 0 aromatic heterocycles. The van der Waals surface area contributed by atoms with Crippen molar-refractivity contribution in [1.82, 2.24) is 21.3 Å². The summed E-state index contributed by atoms with van der Waals surface area (Å²) in [5.41, 5.74) is 4.36. The average molecular weight is 534 g/mol. The lowest BCUT2D eigenvalue weighted by Gasteiger charge is -2.33. The molecule has 1 saturated carbocycles. The summed E-state index contributed by atoms with van der Waals surface area (Å²) in [7, 11) is 0. The maximum atomic E-state index is 13.3. The lowest BCUT2D eigenvalue weighted by Crippen LogP contribution is -2.60. The van der Waals surface area contributed by atoms with Crippen molar-refractivity contribution in [3.05, 3.63) is 0 Å². The molecular weight excluding hydrogens is 495 g/mol. The molecule has 37 heavy (non-hydrogen) atoms. The van der Waals surface area contributed by atoms with Gasteiger partial charge in [-0.05, 0) is 30.6 Å². The molecule has 13 heteroatoms. The van der Waals surface area contributed by atoms with Crippen LogP contribution < -0.4 is 27.0 Å². The predicted octanol–water partition coefficient (Wildman–Crippen LogP) is 1.03. The molecule has 210 valence electrons. The fourth-order valence-corrected chi connectivity index (χ4v) is 4.80. The number of halogens is 3. The Hall–Kier alpha value is -2.86. The van der Waals surface area contributed by atoms with E-state index in [4.69, 9.17) is 5.73 Å². The molecule has 0 bridgehead atoms. The SMILES string of the molecule is CC(C)(C)[C@H](NC(=O)C(F)(F)F)C(=O)N[C@@H](CC1CCCCC1)C(=O)N[C@@H](C[C@@H]1CCNC1=O)C(N)=O. The van der Waals surface area contributed by atoms with E-state index >= 15 is 0 Å². The van der Waals surface area contributed by atoms with Crippen LogP contribution in [0, 0.1) is 17.3 Å². The predicted molar refractivity (Wildman–Crippen MR) is 127 cm³/mol. The standard InChI is InChI=1S/C24H38F3N5O5/c1-23(2,3)17(32-22(37)24(25,26)27)21(36)31-16(11-13-7-5-4-6-8-13)20(35)30-15(18(28)33)12-14-9-10-29-19(14)34/h13-17H,4-12H2,1-3H3,(H2,28,33)(H,29,34)(H,30,35)(H,31,36)(H,32,37)/t14-,15-,16-,17+/m0/s1. The third-order valence-corrected chi connectivity index (χ3v) is 6.93. The van der Waals surface area contributed by atoms with Gasteiger partial charge in [0.15, 0.2) is 0 Å². The van der Waals surface area contributed by atoms with E-state index in [0.29, 0.717) is 13.0 Å². The van der Waals surface area contributed by atoms with Gasteiger partial charge in [0.25, 0.3) is 0 Å². The summed E-state index contributed by atoms with van der Waals surface area (Å²) in [6.45, 7) is 4.90. The van der Waals surface area contributed by atoms with Gasteiger partial charge in [-0.25, -0.2) is 0 Å². The van der Waals surface area contributed by atoms with Gasteiger partial charge in [-0.3, -0.25) is 24.0 Å². The van der Waals surface area contributed by atoms with Crippen LogP contribution in [0.1, 0.15) is 72.1 Å². The molecule has 2 aliphatic rings. The van der Waals surface area contributed by atoms with Crippen LogP contribution in [0.4, 0.5) is 13.2 Å². The second-order valence-corrected chi connectivity index (χ2v) is 11.0. The fraction of sp³-hybridized carbons (Fsp3) is 0.792. The molecule has 0 aromatic carbocycles. The van der Waals surface area contributed by atoms with Crippen molar-refractivity contribution < 1.29 is 37.1 Å². The monoisotopic (exact) mass is 533 g/mol. The fourth-order valence-electron chi connectivity index (χ4n) is 4.80. The normalized spacial score (nSPS) is 21.4. The second kappa shape index (κ2) is 12.6. The Balaban J connectivity index is 2.22. The topological polar surface area (TPSA) is 159 Å². The van der Waals surface area contributed by atoms with E-state index in [1.165, 1.54) is 20.8 Å². The molecule has 1 aliphatic heterocycles. The van der Waals surface area contributed by atoms with E-state index in [9.17, 15) is 37.1 Å². The van der Waals surface area contributed by atoms with Gasteiger partial charge in [0.1, 0.15) is 18.1 Å². The van der Waals surface area contributed by atoms with Gasteiger partial charge in [-0.2, -0.15) is 13.2 Å². The second-order valence-electron chi connectivity index (χ2n) is 11.0. The van der Waals surface area contributed by atoms with E-state index in [0.717, 1.165) is 32.1 Å². The van der Waals surface area contributed by atoms with Crippen molar-refractivity contribution in [2.45, 2.75) is 96.4 Å². The number of nitrogens with one attached hydrogen (secondary N) is 4. The van der Waals surface area contributed by atoms with Crippen LogP contribution >= 0.6 is 0 Å². The van der Waals surface area contributed by atoms with E-state index < -0.39 is 59.3 Å². The lowest BCUT2D eigenvalue weighted by molar-refractivity contribution is -0.175. The molecule has 1 aliphatic carbocycles. The highest BCUT2D eigenvalue weighted by Crippen LogP contribution is 2.28. The highest BCUT2D eigenvalue weighted by atomic mass is 19.4. The number of alkyl halides is 3. The van der Waals surface area contributed by atoms with Crippen LogP contribution in [0.25, 0.3) is 0 Å². The summed E-state index contributed by atoms with van der Waals surface area (Å²) < 4.78 is 38.7. The smallest absolute Gasteiger partial charge is 0.368 e. The minimum Gasteiger partial charge on any atom is -0.368 e. The first-order valence-electron chi connectivity index (χ1n) is 12.6. The summed E-state index contributed by atoms with van der Waals surface area (Å²) in [6.07, 6.45) is 0.0444. The molecule has 0 aromatic rings. The Morgan fingerprint density at radius 3 is 2.00 bits per heavy atom. The molecule has 6 N–H and O–H groups in total. The molecule has 10 nitrogen and oxygen atoms in total. The first-order valence-corrected chi connectivity index (χ1v) is 12.6. The number of amides is 5. The average Bonchev–Trinajstić information content (AvgIpc) is 3.19. The minimum atomic E-state index is -5.19. The van der Waals surface area contributed by atoms with E-state index in [-0.39, 0.29) is 24.7 Å². The molecule has 0 radical (unpaired) electrons. The van der Waals surface area contributed by atoms with Gasteiger partial charge in [0.2, 0.25) is 23.6 Å². The Bertz CT molecular complexity index is 868. The zero-order valence-electron chi connectivity index (χ0n) is 21.5. The Labute approximate surface area is 214 Å². The van der Waals surface area contributed by atoms with Crippen molar-refractivity contribution in [2.24, 2.45) is 23.0 Å². The molecule has 2 fully saturated rings. The first kappa shape index (κ1) is 30.4. The summed E-state index contributed by atoms with van der Waals surface area (Å²) in [5, 5.41) is 9.41. The zero-order valence-corrected chi connectivity index (χ0v) is 21.5. The maximum Gasteiger partial charge on any atom is 0.471 e. The van der Waals surface area contributed by atoms with Crippen LogP contribution in [0.3, 0.4) is 0 Å². The van der Waals surface area contributed by atoms with Crippen LogP contribution in [0.15, 0.2) is 0 Å². The molecule has 1 saturated heterocycles. The summed E-state index contributed by atoms with van der Waals surface area (Å²) in [5.74, 6) is -5.47. The number of hydrogen-bond acceptors (Lipinski definition) is 5. The Morgan fingerprint density at radius 2 is 1.51 bits per heavy atom. The largest absolute Gasteiger partial charge is 0.471 e. The number of hydrogen-bond donors (Lipinski definition) is 5. The highest BCUT2D eigenvalue weighted by molar-refractivity contribution is 5.95. The third kappa shape index (κ3) is 9.19. The molecule has 5 amide bonds. The van der Waals surface area contributed by atoms with E-state index in [1.807, 2.05) is 0 Å². The first-order chi connectivity index (χ1) is 17.1. The molecule has 0 spiro atoms. The summed E-state index contributed by atoms with van der Waals surface area (Å²) in [4.78, 5) is 62.0. The van der Waals surface area contributed by atoms with Gasteiger partial charge in [-0.15, -0.1) is 0 Å². The number of rotatable bonds is 10. The summed E-state index contributed by atoms with van der Waals surface area (Å²) >= 11 is 0. The lowest BCUT2D eigenvalue weighted by atomic mass is 9.83. The van der Waals surface area contributed by atoms with Crippen molar-refractivity contribution in [1.29, 1.82) is 0 Å². The maximum absolute atomic E-state index is 13.3. The molecule has 0 unspecified atom stereocenters. The Morgan fingerprint density at radius 1 is 0.919 bits per heavy atom. The third-order valence-electron chi connectivity index (χ3n) is 6.93. The highest BCUT2D eigenvalue weighted by Gasteiger charge is 2.44. The van der Waals surface area contributed by atoms with Crippen molar-refractivity contribution >= 4 is 29.5 Å². The van der Waals surface area contributed by atoms with Gasteiger partial charge < -0.3 is 27.0 Å². The minimum absolute atomic E-state index is 0.0107. The van der Waals surface area contributed by atoms with Gasteiger partial charge in [-0.1, -0.05) is 52.9 Å². The van der Waals surface area contributed by atoms with Crippen molar-refractivity contribution in [3.63, 3.8) is 0 Å². The quantitative estimate of drug-likeness (QED) is 0.283. The molecule has 4 atom stereocenters. The number of carbonyl (C=O) groups excluding carboxylic acids is 5. The number of primary amides is 1. The molecular formula is C24H38F3N5O5. The van der Waals surface area contributed by atoms with E-state index in [2.05, 4.69) is 16.0 Å². The van der Waals surface area contributed by atoms with Crippen LogP contribution in [-0.2, 0) is 24.0 Å². The van der Waals surface area contributed by atoms with Gasteiger partial charge >= 0.3 is 12.1 Å². The number of carbonyl (C=O) groups is 5. The van der Waals surface area contributed by atoms with Crippen LogP contribution in [0.2, 0.25) is 0 Å². The van der Waals surface area contributed by atoms with Gasteiger partial charge in [0, 0.05) is 12.5 Å². The van der Waals surface area contributed by atoms with E-state index in [1.54, 1.807) is 5.32 Å². The van der Waals surface area contributed by atoms with Crippen LogP contribution in [0.5, 0.6) is 0 Å². The summed E-state index contributed by atoms with van der Waals surface area (Å²) in [6, 6.07) is -3.93. The van der Waals surface area contributed by atoms with Crippen LogP contribution in [-0.4, -0.2) is 60.4 Å². The van der Waals surface area contributed by atoms with Crippen molar-refractivity contribution in [3.8, 4) is 0 Å². The zero-order chi connectivity index (χ0) is 28.0. The Kier molecular flexibility index (Phi) is 10.3.